The number of aromatic nitrogens is 2. The summed E-state index contributed by atoms with van der Waals surface area (Å²) in [5, 5.41) is 13.9. The first-order valence-electron chi connectivity index (χ1n) is 10.5. The number of amides is 1. The number of nitrogens with one attached hydrogen (secondary N) is 3. The average molecular weight is 397 g/mol. The van der Waals surface area contributed by atoms with Crippen molar-refractivity contribution in [1.82, 2.24) is 25.7 Å². The van der Waals surface area contributed by atoms with E-state index in [2.05, 4.69) is 38.2 Å². The summed E-state index contributed by atoms with van der Waals surface area (Å²) in [6.07, 6.45) is 9.36. The summed E-state index contributed by atoms with van der Waals surface area (Å²) >= 11 is 0. The van der Waals surface area contributed by atoms with E-state index in [1.165, 1.54) is 36.8 Å². The lowest BCUT2D eigenvalue weighted by Crippen LogP contribution is -2.41. The molecule has 0 atom stereocenters. The van der Waals surface area contributed by atoms with Gasteiger partial charge in [-0.25, -0.2) is 0 Å². The highest BCUT2D eigenvalue weighted by Crippen LogP contribution is 2.27. The summed E-state index contributed by atoms with van der Waals surface area (Å²) in [5.41, 5.74) is 2.43. The normalized spacial score (nSPS) is 14.7. The molecule has 7 heteroatoms. The molecule has 1 fully saturated rings. The molecule has 0 spiro atoms. The molecule has 0 radical (unpaired) electrons. The van der Waals surface area contributed by atoms with Crippen LogP contribution in [0, 0.1) is 5.92 Å². The number of hydrogen-bond donors (Lipinski definition) is 3. The van der Waals surface area contributed by atoms with Crippen LogP contribution in [0.3, 0.4) is 0 Å². The van der Waals surface area contributed by atoms with Gasteiger partial charge in [-0.2, -0.15) is 5.10 Å². The van der Waals surface area contributed by atoms with E-state index >= 15 is 0 Å². The first-order chi connectivity index (χ1) is 14.2. The van der Waals surface area contributed by atoms with Crippen molar-refractivity contribution in [3.05, 3.63) is 53.9 Å². The largest absolute Gasteiger partial charge is 0.355 e. The first-order valence-corrected chi connectivity index (χ1v) is 10.5. The van der Waals surface area contributed by atoms with Crippen molar-refractivity contribution in [2.45, 2.75) is 45.2 Å². The van der Waals surface area contributed by atoms with Crippen molar-refractivity contribution < 1.29 is 4.79 Å². The van der Waals surface area contributed by atoms with Gasteiger partial charge in [-0.05, 0) is 36.0 Å². The van der Waals surface area contributed by atoms with E-state index in [0.717, 1.165) is 12.5 Å². The Morgan fingerprint density at radius 3 is 2.59 bits per heavy atom. The van der Waals surface area contributed by atoms with Crippen LogP contribution in [0.2, 0.25) is 0 Å². The maximum Gasteiger partial charge on any atom is 0.220 e. The Balaban J connectivity index is 1.38. The lowest BCUT2D eigenvalue weighted by molar-refractivity contribution is -0.121. The molecule has 3 N–H and O–H groups in total. The van der Waals surface area contributed by atoms with Gasteiger partial charge in [0.1, 0.15) is 0 Å². The van der Waals surface area contributed by atoms with Crippen LogP contribution in [0.15, 0.2) is 47.7 Å². The maximum atomic E-state index is 12.0. The number of guanidine groups is 1. The van der Waals surface area contributed by atoms with Crippen LogP contribution in [-0.4, -0.2) is 41.8 Å². The molecule has 0 aliphatic heterocycles. The van der Waals surface area contributed by atoms with E-state index in [0.29, 0.717) is 32.0 Å². The predicted molar refractivity (Wildman–Crippen MR) is 116 cm³/mol. The molecule has 0 bridgehead atoms. The first kappa shape index (κ1) is 20.9. The standard InChI is InChI=1S/C22H32N6O/c1-23-22(25-13-12-24-21(29)15-18-7-2-3-8-18)26-16-19-9-4-5-10-20(19)17-28-14-6-11-27-28/h4-6,9-11,14,18H,2-3,7-8,12-13,15-17H2,1H3,(H,24,29)(H2,23,25,26). The number of aliphatic imine (C=N–C) groups is 1. The van der Waals surface area contributed by atoms with Crippen LogP contribution in [0.25, 0.3) is 0 Å². The molecular formula is C22H32N6O. The molecule has 29 heavy (non-hydrogen) atoms. The molecule has 3 rings (SSSR count). The summed E-state index contributed by atoms with van der Waals surface area (Å²) in [6.45, 7) is 2.65. The smallest absolute Gasteiger partial charge is 0.220 e. The molecule has 1 heterocycles. The Bertz CT molecular complexity index is 780. The van der Waals surface area contributed by atoms with Gasteiger partial charge in [-0.3, -0.25) is 14.5 Å². The molecule has 1 aliphatic carbocycles. The summed E-state index contributed by atoms with van der Waals surface area (Å²) in [7, 11) is 1.75. The lowest BCUT2D eigenvalue weighted by Gasteiger charge is -2.15. The molecule has 156 valence electrons. The summed E-state index contributed by atoms with van der Waals surface area (Å²) < 4.78 is 1.92. The van der Waals surface area contributed by atoms with Gasteiger partial charge >= 0.3 is 0 Å². The van der Waals surface area contributed by atoms with Crippen molar-refractivity contribution in [3.63, 3.8) is 0 Å². The number of nitrogens with zero attached hydrogens (tertiary/aromatic N) is 3. The molecule has 7 nitrogen and oxygen atoms in total. The van der Waals surface area contributed by atoms with Crippen LogP contribution >= 0.6 is 0 Å². The highest BCUT2D eigenvalue weighted by atomic mass is 16.1. The van der Waals surface area contributed by atoms with Gasteiger partial charge in [0.25, 0.3) is 0 Å². The zero-order valence-corrected chi connectivity index (χ0v) is 17.2. The fourth-order valence-corrected chi connectivity index (χ4v) is 3.78. The SMILES string of the molecule is CN=C(NCCNC(=O)CC1CCCC1)NCc1ccccc1Cn1cccn1. The van der Waals surface area contributed by atoms with Gasteiger partial charge in [0.05, 0.1) is 6.54 Å². The zero-order chi connectivity index (χ0) is 20.3. The highest BCUT2D eigenvalue weighted by molar-refractivity contribution is 5.80. The molecule has 1 aliphatic rings. The number of carbonyl (C=O) groups excluding carboxylic acids is 1. The Kier molecular flexibility index (Phi) is 8.10. The van der Waals surface area contributed by atoms with E-state index in [-0.39, 0.29) is 5.91 Å². The van der Waals surface area contributed by atoms with Crippen molar-refractivity contribution in [2.24, 2.45) is 10.9 Å². The fraction of sp³-hybridized carbons (Fsp3) is 0.500. The van der Waals surface area contributed by atoms with Gasteiger partial charge in [0.2, 0.25) is 5.91 Å². The number of carbonyl (C=O) groups is 1. The van der Waals surface area contributed by atoms with Crippen LogP contribution in [0.1, 0.15) is 43.2 Å². The van der Waals surface area contributed by atoms with Gasteiger partial charge in [0.15, 0.2) is 5.96 Å². The third kappa shape index (κ3) is 6.93. The van der Waals surface area contributed by atoms with Crippen molar-refractivity contribution in [3.8, 4) is 0 Å². The molecule has 0 saturated heterocycles. The van der Waals surface area contributed by atoms with E-state index in [9.17, 15) is 4.79 Å². The Morgan fingerprint density at radius 1 is 1.10 bits per heavy atom. The average Bonchev–Trinajstić information content (AvgIpc) is 3.43. The fourth-order valence-electron chi connectivity index (χ4n) is 3.78. The second kappa shape index (κ2) is 11.2. The van der Waals surface area contributed by atoms with Crippen LogP contribution in [-0.2, 0) is 17.9 Å². The van der Waals surface area contributed by atoms with Gasteiger partial charge < -0.3 is 16.0 Å². The Morgan fingerprint density at radius 2 is 1.86 bits per heavy atom. The van der Waals surface area contributed by atoms with E-state index < -0.39 is 0 Å². The summed E-state index contributed by atoms with van der Waals surface area (Å²) in [6, 6.07) is 10.2. The molecule has 1 aromatic heterocycles. The van der Waals surface area contributed by atoms with Crippen molar-refractivity contribution in [2.75, 3.05) is 20.1 Å². The van der Waals surface area contributed by atoms with Gasteiger partial charge in [-0.1, -0.05) is 37.1 Å². The quantitative estimate of drug-likeness (QED) is 0.345. The molecule has 0 unspecified atom stereocenters. The van der Waals surface area contributed by atoms with Crippen LogP contribution in [0.5, 0.6) is 0 Å². The predicted octanol–water partition coefficient (Wildman–Crippen LogP) is 2.29. The van der Waals surface area contributed by atoms with E-state index in [4.69, 9.17) is 0 Å². The van der Waals surface area contributed by atoms with Gasteiger partial charge in [-0.15, -0.1) is 0 Å². The van der Waals surface area contributed by atoms with E-state index in [1.807, 2.05) is 29.1 Å². The van der Waals surface area contributed by atoms with Crippen molar-refractivity contribution in [1.29, 1.82) is 0 Å². The number of rotatable bonds is 9. The highest BCUT2D eigenvalue weighted by Gasteiger charge is 2.17. The summed E-state index contributed by atoms with van der Waals surface area (Å²) in [5.74, 6) is 1.47. The summed E-state index contributed by atoms with van der Waals surface area (Å²) in [4.78, 5) is 16.3. The molecule has 1 aromatic carbocycles. The number of hydrogen-bond acceptors (Lipinski definition) is 3. The Labute approximate surface area is 173 Å². The topological polar surface area (TPSA) is 83.3 Å². The van der Waals surface area contributed by atoms with E-state index in [1.54, 1.807) is 13.2 Å². The molecular weight excluding hydrogens is 364 g/mol. The number of benzene rings is 1. The minimum absolute atomic E-state index is 0.161. The molecule has 1 saturated carbocycles. The van der Waals surface area contributed by atoms with Crippen molar-refractivity contribution >= 4 is 11.9 Å². The minimum Gasteiger partial charge on any atom is -0.355 e. The van der Waals surface area contributed by atoms with Crippen LogP contribution in [0.4, 0.5) is 0 Å². The lowest BCUT2D eigenvalue weighted by atomic mass is 10.0. The van der Waals surface area contributed by atoms with Crippen LogP contribution < -0.4 is 16.0 Å². The Hall–Kier alpha value is -2.83. The maximum absolute atomic E-state index is 12.0. The monoisotopic (exact) mass is 396 g/mol. The second-order valence-corrected chi connectivity index (χ2v) is 7.53. The second-order valence-electron chi connectivity index (χ2n) is 7.53. The molecule has 1 amide bonds. The third-order valence-corrected chi connectivity index (χ3v) is 5.37. The minimum atomic E-state index is 0.161. The van der Waals surface area contributed by atoms with Gasteiger partial charge in [0, 0.05) is 45.5 Å². The third-order valence-electron chi connectivity index (χ3n) is 5.37. The molecule has 2 aromatic rings. The zero-order valence-electron chi connectivity index (χ0n) is 17.2.